The average Bonchev–Trinajstić information content (AvgIpc) is 3.89. The van der Waals surface area contributed by atoms with Crippen molar-refractivity contribution in [2.24, 2.45) is 0 Å². The van der Waals surface area contributed by atoms with Gasteiger partial charge in [-0.1, -0.05) is 109 Å². The Bertz CT molecular complexity index is 2310. The molecule has 0 fully saturated rings. The van der Waals surface area contributed by atoms with Crippen LogP contribution < -0.4 is 0 Å². The van der Waals surface area contributed by atoms with E-state index in [1.54, 1.807) is 22.7 Å². The van der Waals surface area contributed by atoms with E-state index in [0.29, 0.717) is 0 Å². The van der Waals surface area contributed by atoms with Crippen LogP contribution >= 0.6 is 22.7 Å². The minimum atomic E-state index is 1.02. The standard InChI is InChI=1S/C40H25N3S2/c1-2-6-33-28(4-1)5-3-7-38(33)43-39-20-31(26-8-12-29(13-9-26)36-22-44-24-41-36)16-18-34(39)35-19-17-32(21-40(35)43)27-10-14-30(15-11-27)37-23-45-25-42-37/h1-25H. The third-order valence-corrected chi connectivity index (χ3v) is 9.84. The molecule has 0 atom stereocenters. The zero-order valence-electron chi connectivity index (χ0n) is 24.1. The highest BCUT2D eigenvalue weighted by atomic mass is 32.1. The summed E-state index contributed by atoms with van der Waals surface area (Å²) in [5, 5.41) is 9.13. The van der Waals surface area contributed by atoms with Gasteiger partial charge >= 0.3 is 0 Å². The van der Waals surface area contributed by atoms with E-state index < -0.39 is 0 Å². The van der Waals surface area contributed by atoms with Gasteiger partial charge in [0.25, 0.3) is 0 Å². The summed E-state index contributed by atoms with van der Waals surface area (Å²) in [7, 11) is 0. The van der Waals surface area contributed by atoms with E-state index in [9.17, 15) is 0 Å². The van der Waals surface area contributed by atoms with E-state index in [1.165, 1.54) is 60.5 Å². The molecular formula is C40H25N3S2. The molecule has 0 radical (unpaired) electrons. The molecule has 0 aliphatic rings. The molecule has 9 rings (SSSR count). The summed E-state index contributed by atoms with van der Waals surface area (Å²) in [5.74, 6) is 0. The van der Waals surface area contributed by atoms with Crippen LogP contribution in [0.15, 0.2) is 149 Å². The van der Waals surface area contributed by atoms with Crippen LogP contribution in [0.2, 0.25) is 0 Å². The van der Waals surface area contributed by atoms with Crippen molar-refractivity contribution in [3.05, 3.63) is 149 Å². The Morgan fingerprint density at radius 3 is 1.44 bits per heavy atom. The molecule has 9 aromatic rings. The van der Waals surface area contributed by atoms with Crippen molar-refractivity contribution >= 4 is 55.3 Å². The molecular weight excluding hydrogens is 587 g/mol. The molecule has 0 bridgehead atoms. The predicted molar refractivity (Wildman–Crippen MR) is 191 cm³/mol. The van der Waals surface area contributed by atoms with Crippen molar-refractivity contribution in [2.45, 2.75) is 0 Å². The fraction of sp³-hybridized carbons (Fsp3) is 0. The smallest absolute Gasteiger partial charge is 0.0811 e. The number of hydrogen-bond acceptors (Lipinski definition) is 4. The van der Waals surface area contributed by atoms with Crippen LogP contribution in [0.4, 0.5) is 0 Å². The van der Waals surface area contributed by atoms with Crippen LogP contribution in [-0.4, -0.2) is 14.5 Å². The highest BCUT2D eigenvalue weighted by Crippen LogP contribution is 2.39. The Labute approximate surface area is 268 Å². The summed E-state index contributed by atoms with van der Waals surface area (Å²) in [5.41, 5.74) is 16.4. The van der Waals surface area contributed by atoms with Gasteiger partial charge in [0.2, 0.25) is 0 Å². The molecule has 0 saturated carbocycles. The van der Waals surface area contributed by atoms with Crippen molar-refractivity contribution in [1.82, 2.24) is 14.5 Å². The maximum Gasteiger partial charge on any atom is 0.0811 e. The van der Waals surface area contributed by atoms with Crippen LogP contribution in [0, 0.1) is 0 Å². The summed E-state index contributed by atoms with van der Waals surface area (Å²) in [6, 6.07) is 46.5. The fourth-order valence-electron chi connectivity index (χ4n) is 6.42. The summed E-state index contributed by atoms with van der Waals surface area (Å²) in [6.07, 6.45) is 0. The maximum atomic E-state index is 4.48. The lowest BCUT2D eigenvalue weighted by molar-refractivity contribution is 1.20. The van der Waals surface area contributed by atoms with E-state index in [1.807, 2.05) is 11.0 Å². The van der Waals surface area contributed by atoms with Crippen LogP contribution in [0.25, 0.3) is 83.0 Å². The Kier molecular flexibility index (Phi) is 6.18. The first kappa shape index (κ1) is 26.1. The fourth-order valence-corrected chi connectivity index (χ4v) is 7.54. The first-order valence-electron chi connectivity index (χ1n) is 14.8. The molecule has 45 heavy (non-hydrogen) atoms. The lowest BCUT2D eigenvalue weighted by Crippen LogP contribution is -1.95. The number of rotatable bonds is 5. The van der Waals surface area contributed by atoms with E-state index >= 15 is 0 Å². The molecule has 6 aromatic carbocycles. The molecule has 0 spiro atoms. The number of benzene rings is 6. The van der Waals surface area contributed by atoms with Crippen LogP contribution in [-0.2, 0) is 0 Å². The second-order valence-electron chi connectivity index (χ2n) is 11.2. The number of hydrogen-bond donors (Lipinski definition) is 0. The van der Waals surface area contributed by atoms with Crippen LogP contribution in [0.1, 0.15) is 0 Å². The van der Waals surface area contributed by atoms with Gasteiger partial charge in [-0.2, -0.15) is 0 Å². The number of nitrogens with zero attached hydrogens (tertiary/aromatic N) is 3. The van der Waals surface area contributed by atoms with Crippen molar-refractivity contribution in [3.63, 3.8) is 0 Å². The SMILES string of the molecule is c1ccc2c(-n3c4cc(-c5ccc(-c6cscn6)cc5)ccc4c4ccc(-c5ccc(-c6cscn6)cc5)cc43)cccc2c1. The molecule has 0 unspecified atom stereocenters. The second-order valence-corrected chi connectivity index (χ2v) is 12.6. The van der Waals surface area contributed by atoms with Gasteiger partial charge in [-0.05, 0) is 45.8 Å². The van der Waals surface area contributed by atoms with Crippen molar-refractivity contribution in [2.75, 3.05) is 0 Å². The van der Waals surface area contributed by atoms with Gasteiger partial charge in [0.05, 0.1) is 39.1 Å². The molecule has 3 nitrogen and oxygen atoms in total. The summed E-state index contributed by atoms with van der Waals surface area (Å²) < 4.78 is 2.45. The van der Waals surface area contributed by atoms with Crippen LogP contribution in [0.5, 0.6) is 0 Å². The molecule has 0 aliphatic heterocycles. The first-order chi connectivity index (χ1) is 22.3. The van der Waals surface area contributed by atoms with E-state index in [-0.39, 0.29) is 0 Å². The molecule has 3 heterocycles. The van der Waals surface area contributed by atoms with Crippen molar-refractivity contribution in [3.8, 4) is 50.5 Å². The molecule has 0 aliphatic carbocycles. The second kappa shape index (κ2) is 10.7. The van der Waals surface area contributed by atoms with Gasteiger partial charge < -0.3 is 4.57 Å². The predicted octanol–water partition coefficient (Wildman–Crippen LogP) is 11.5. The average molecular weight is 612 g/mol. The largest absolute Gasteiger partial charge is 0.309 e. The lowest BCUT2D eigenvalue weighted by atomic mass is 10.00. The van der Waals surface area contributed by atoms with Gasteiger partial charge in [0.15, 0.2) is 0 Å². The molecule has 3 aromatic heterocycles. The minimum Gasteiger partial charge on any atom is -0.309 e. The number of thiazole rings is 2. The quantitative estimate of drug-likeness (QED) is 0.194. The van der Waals surface area contributed by atoms with E-state index in [0.717, 1.165) is 22.5 Å². The van der Waals surface area contributed by atoms with Gasteiger partial charge in [0, 0.05) is 38.0 Å². The zero-order valence-corrected chi connectivity index (χ0v) is 25.7. The molecule has 0 N–H and O–H groups in total. The van der Waals surface area contributed by atoms with E-state index in [4.69, 9.17) is 0 Å². The molecule has 0 saturated heterocycles. The minimum absolute atomic E-state index is 1.02. The van der Waals surface area contributed by atoms with Crippen molar-refractivity contribution < 1.29 is 0 Å². The Morgan fingerprint density at radius 2 is 0.911 bits per heavy atom. The molecule has 212 valence electrons. The maximum absolute atomic E-state index is 4.48. The van der Waals surface area contributed by atoms with Crippen molar-refractivity contribution in [1.29, 1.82) is 0 Å². The van der Waals surface area contributed by atoms with Crippen LogP contribution in [0.3, 0.4) is 0 Å². The highest BCUT2D eigenvalue weighted by Gasteiger charge is 2.16. The third-order valence-electron chi connectivity index (χ3n) is 8.67. The topological polar surface area (TPSA) is 30.7 Å². The summed E-state index contributed by atoms with van der Waals surface area (Å²) in [4.78, 5) is 8.96. The monoisotopic (exact) mass is 611 g/mol. The highest BCUT2D eigenvalue weighted by molar-refractivity contribution is 7.08. The van der Waals surface area contributed by atoms with Gasteiger partial charge in [0.1, 0.15) is 0 Å². The normalized spacial score (nSPS) is 11.6. The number of fused-ring (bicyclic) bond motifs is 4. The summed E-state index contributed by atoms with van der Waals surface area (Å²) in [6.45, 7) is 0. The lowest BCUT2D eigenvalue weighted by Gasteiger charge is -2.13. The van der Waals surface area contributed by atoms with Gasteiger partial charge in [-0.25, -0.2) is 9.97 Å². The Balaban J connectivity index is 1.24. The van der Waals surface area contributed by atoms with Gasteiger partial charge in [-0.3, -0.25) is 0 Å². The molecule has 0 amide bonds. The van der Waals surface area contributed by atoms with E-state index in [2.05, 4.69) is 153 Å². The first-order valence-corrected chi connectivity index (χ1v) is 16.7. The van der Waals surface area contributed by atoms with Gasteiger partial charge in [-0.15, -0.1) is 22.7 Å². The number of aromatic nitrogens is 3. The zero-order chi connectivity index (χ0) is 29.7. The third kappa shape index (κ3) is 4.48. The Morgan fingerprint density at radius 1 is 0.422 bits per heavy atom. The Hall–Kier alpha value is -5.36. The summed E-state index contributed by atoms with van der Waals surface area (Å²) >= 11 is 3.24. The molecule has 5 heteroatoms.